The largest absolute Gasteiger partial charge is 0.300 e. The van der Waals surface area contributed by atoms with Crippen LogP contribution in [0.4, 0.5) is 4.39 Å². The Hall–Kier alpha value is -3.26. The molecule has 0 aliphatic heterocycles. The van der Waals surface area contributed by atoms with Gasteiger partial charge in [-0.3, -0.25) is 18.6 Å². The quantitative estimate of drug-likeness (QED) is 0.359. The van der Waals surface area contributed by atoms with Gasteiger partial charge in [0.2, 0.25) is 5.65 Å². The van der Waals surface area contributed by atoms with E-state index < -0.39 is 5.25 Å². The van der Waals surface area contributed by atoms with Crippen LogP contribution in [0.1, 0.15) is 28.4 Å². The lowest BCUT2D eigenvalue weighted by Gasteiger charge is -2.11. The average molecular weight is 422 g/mol. The van der Waals surface area contributed by atoms with Gasteiger partial charge in [-0.05, 0) is 62.2 Å². The van der Waals surface area contributed by atoms with Crippen molar-refractivity contribution in [1.82, 2.24) is 19.2 Å². The van der Waals surface area contributed by atoms with Crippen molar-refractivity contribution in [3.05, 3.63) is 87.7 Å². The molecule has 1 atom stereocenters. The number of thioether (sulfide) groups is 1. The van der Waals surface area contributed by atoms with Gasteiger partial charge in [-0.15, -0.1) is 10.2 Å². The van der Waals surface area contributed by atoms with Gasteiger partial charge in [0.05, 0.1) is 5.25 Å². The summed E-state index contributed by atoms with van der Waals surface area (Å²) in [4.78, 5) is 25.6. The molecule has 30 heavy (non-hydrogen) atoms. The summed E-state index contributed by atoms with van der Waals surface area (Å²) < 4.78 is 16.1. The van der Waals surface area contributed by atoms with E-state index in [1.54, 1.807) is 16.8 Å². The number of carbonyl (C=O) groups is 1. The van der Waals surface area contributed by atoms with Crippen LogP contribution < -0.4 is 5.56 Å². The highest BCUT2D eigenvalue weighted by molar-refractivity contribution is 8.00. The first-order valence-electron chi connectivity index (χ1n) is 9.35. The van der Waals surface area contributed by atoms with Gasteiger partial charge in [0, 0.05) is 23.6 Å². The molecule has 4 rings (SSSR count). The normalized spacial score (nSPS) is 12.3. The average Bonchev–Trinajstić information content (AvgIpc) is 3.14. The van der Waals surface area contributed by atoms with Crippen molar-refractivity contribution in [3.63, 3.8) is 0 Å². The van der Waals surface area contributed by atoms with Crippen molar-refractivity contribution >= 4 is 23.2 Å². The molecule has 0 unspecified atom stereocenters. The molecular weight excluding hydrogens is 403 g/mol. The number of halogens is 1. The number of hydrogen-bond acceptors (Lipinski definition) is 5. The standard InChI is InChI=1S/C22H19FN4O2S/c1-13-4-5-16(12-14(13)2)19(28)15(3)30-22-25-24-20-21(29)26(10-11-27(20)22)18-8-6-17(23)7-9-18/h4-12,15H,1-3H3/t15-/m1/s1. The van der Waals surface area contributed by atoms with Crippen molar-refractivity contribution < 1.29 is 9.18 Å². The monoisotopic (exact) mass is 422 g/mol. The second kappa shape index (κ2) is 7.87. The van der Waals surface area contributed by atoms with Crippen LogP contribution in [0.5, 0.6) is 0 Å². The Morgan fingerprint density at radius 2 is 1.77 bits per heavy atom. The van der Waals surface area contributed by atoms with Crippen LogP contribution in [-0.2, 0) is 0 Å². The van der Waals surface area contributed by atoms with Gasteiger partial charge in [0.25, 0.3) is 0 Å². The Bertz CT molecular complexity index is 1310. The lowest BCUT2D eigenvalue weighted by atomic mass is 10.0. The van der Waals surface area contributed by atoms with E-state index in [4.69, 9.17) is 0 Å². The van der Waals surface area contributed by atoms with Crippen LogP contribution in [0.15, 0.2) is 64.8 Å². The fraction of sp³-hybridized carbons (Fsp3) is 0.182. The number of fused-ring (bicyclic) bond motifs is 1. The van der Waals surface area contributed by atoms with E-state index in [1.807, 2.05) is 39.0 Å². The minimum absolute atomic E-state index is 0.0143. The smallest absolute Gasteiger partial charge is 0.293 e. The molecule has 0 fully saturated rings. The van der Waals surface area contributed by atoms with Crippen LogP contribution in [-0.4, -0.2) is 30.2 Å². The molecule has 0 amide bonds. The zero-order valence-corrected chi connectivity index (χ0v) is 17.5. The lowest BCUT2D eigenvalue weighted by molar-refractivity contribution is 0.0993. The lowest BCUT2D eigenvalue weighted by Crippen LogP contribution is -2.20. The highest BCUT2D eigenvalue weighted by Crippen LogP contribution is 2.25. The van der Waals surface area contributed by atoms with Gasteiger partial charge in [-0.1, -0.05) is 23.9 Å². The summed E-state index contributed by atoms with van der Waals surface area (Å²) >= 11 is 1.25. The maximum atomic E-state index is 13.2. The highest BCUT2D eigenvalue weighted by Gasteiger charge is 2.21. The minimum Gasteiger partial charge on any atom is -0.293 e. The second-order valence-electron chi connectivity index (χ2n) is 7.05. The molecule has 4 aromatic rings. The van der Waals surface area contributed by atoms with E-state index >= 15 is 0 Å². The Morgan fingerprint density at radius 3 is 2.47 bits per heavy atom. The van der Waals surface area contributed by atoms with E-state index in [0.29, 0.717) is 16.4 Å². The molecule has 0 N–H and O–H groups in total. The van der Waals surface area contributed by atoms with Crippen LogP contribution >= 0.6 is 11.8 Å². The second-order valence-corrected chi connectivity index (χ2v) is 8.36. The SMILES string of the molecule is Cc1ccc(C(=O)[C@@H](C)Sc2nnc3c(=O)n(-c4ccc(F)cc4)ccn23)cc1C. The van der Waals surface area contributed by atoms with E-state index in [-0.39, 0.29) is 22.8 Å². The molecule has 8 heteroatoms. The Balaban J connectivity index is 1.63. The predicted molar refractivity (Wildman–Crippen MR) is 114 cm³/mol. The molecule has 0 spiro atoms. The van der Waals surface area contributed by atoms with E-state index in [9.17, 15) is 14.0 Å². The Morgan fingerprint density at radius 1 is 1.03 bits per heavy atom. The summed E-state index contributed by atoms with van der Waals surface area (Å²) in [7, 11) is 0. The van der Waals surface area contributed by atoms with Crippen molar-refractivity contribution in [1.29, 1.82) is 0 Å². The molecule has 0 aliphatic rings. The molecule has 0 bridgehead atoms. The highest BCUT2D eigenvalue weighted by atomic mass is 32.2. The van der Waals surface area contributed by atoms with E-state index in [1.165, 1.54) is 40.6 Å². The van der Waals surface area contributed by atoms with Crippen LogP contribution in [0, 0.1) is 19.7 Å². The van der Waals surface area contributed by atoms with Crippen LogP contribution in [0.3, 0.4) is 0 Å². The third kappa shape index (κ3) is 3.66. The van der Waals surface area contributed by atoms with Gasteiger partial charge < -0.3 is 0 Å². The van der Waals surface area contributed by atoms with Gasteiger partial charge in [-0.25, -0.2) is 4.39 Å². The van der Waals surface area contributed by atoms with Crippen molar-refractivity contribution in [2.45, 2.75) is 31.2 Å². The number of aryl methyl sites for hydroxylation is 2. The molecule has 0 saturated heterocycles. The number of Topliss-reactive ketones (excluding diaryl/α,β-unsaturated/α-hetero) is 1. The van der Waals surface area contributed by atoms with Gasteiger partial charge >= 0.3 is 5.56 Å². The van der Waals surface area contributed by atoms with Gasteiger partial charge in [0.15, 0.2) is 10.9 Å². The first-order chi connectivity index (χ1) is 14.3. The summed E-state index contributed by atoms with van der Waals surface area (Å²) in [6.45, 7) is 5.79. The first kappa shape index (κ1) is 20.0. The van der Waals surface area contributed by atoms with Crippen molar-refractivity contribution in [3.8, 4) is 5.69 Å². The number of rotatable bonds is 5. The summed E-state index contributed by atoms with van der Waals surface area (Å²) in [5.74, 6) is -0.393. The number of carbonyl (C=O) groups excluding carboxylic acids is 1. The van der Waals surface area contributed by atoms with E-state index in [2.05, 4.69) is 10.2 Å². The molecular formula is C22H19FN4O2S. The molecule has 2 aromatic carbocycles. The number of aromatic nitrogens is 4. The summed E-state index contributed by atoms with van der Waals surface area (Å²) in [5.41, 5.74) is 3.12. The van der Waals surface area contributed by atoms with E-state index in [0.717, 1.165) is 11.1 Å². The Labute approximate surface area is 176 Å². The topological polar surface area (TPSA) is 69.3 Å². The molecule has 0 aliphatic carbocycles. The Kier molecular flexibility index (Phi) is 5.26. The maximum absolute atomic E-state index is 13.2. The summed E-state index contributed by atoms with van der Waals surface area (Å²) in [5, 5.41) is 8.16. The molecule has 2 aromatic heterocycles. The molecule has 152 valence electrons. The maximum Gasteiger partial charge on any atom is 0.300 e. The molecule has 0 saturated carbocycles. The summed E-state index contributed by atoms with van der Waals surface area (Å²) in [6.07, 6.45) is 3.24. The van der Waals surface area contributed by atoms with Crippen LogP contribution in [0.2, 0.25) is 0 Å². The van der Waals surface area contributed by atoms with Crippen molar-refractivity contribution in [2.24, 2.45) is 0 Å². The predicted octanol–water partition coefficient (Wildman–Crippen LogP) is 4.00. The third-order valence-electron chi connectivity index (χ3n) is 4.99. The van der Waals surface area contributed by atoms with Crippen molar-refractivity contribution in [2.75, 3.05) is 0 Å². The number of benzene rings is 2. The first-order valence-corrected chi connectivity index (χ1v) is 10.2. The zero-order valence-electron chi connectivity index (χ0n) is 16.7. The van der Waals surface area contributed by atoms with Crippen LogP contribution in [0.25, 0.3) is 11.3 Å². The summed E-state index contributed by atoms with van der Waals surface area (Å²) in [6, 6.07) is 11.3. The number of nitrogens with zero attached hydrogens (tertiary/aromatic N) is 4. The zero-order chi connectivity index (χ0) is 21.4. The van der Waals surface area contributed by atoms with Gasteiger partial charge in [0.1, 0.15) is 5.82 Å². The molecule has 2 heterocycles. The fourth-order valence-corrected chi connectivity index (χ4v) is 4.00. The molecule has 6 nitrogen and oxygen atoms in total. The number of ketones is 1. The minimum atomic E-state index is -0.404. The van der Waals surface area contributed by atoms with Gasteiger partial charge in [-0.2, -0.15) is 0 Å². The fourth-order valence-electron chi connectivity index (χ4n) is 3.09. The third-order valence-corrected chi connectivity index (χ3v) is 6.04. The molecule has 0 radical (unpaired) electrons. The number of hydrogen-bond donors (Lipinski definition) is 0.